The Bertz CT molecular complexity index is 1450. The van der Waals surface area contributed by atoms with Gasteiger partial charge in [0.1, 0.15) is 24.1 Å². The van der Waals surface area contributed by atoms with Crippen molar-refractivity contribution in [1.29, 1.82) is 0 Å². The van der Waals surface area contributed by atoms with Gasteiger partial charge in [-0.05, 0) is 67.4 Å². The molecule has 2 aliphatic rings. The van der Waals surface area contributed by atoms with E-state index in [0.717, 1.165) is 35.5 Å². The van der Waals surface area contributed by atoms with Crippen molar-refractivity contribution in [3.63, 3.8) is 0 Å². The number of carbonyl (C=O) groups excluding carboxylic acids is 2. The van der Waals surface area contributed by atoms with E-state index in [9.17, 15) is 9.59 Å². The molecule has 1 saturated carbocycles. The van der Waals surface area contributed by atoms with Gasteiger partial charge in [-0.3, -0.25) is 14.5 Å². The molecule has 0 spiro atoms. The predicted octanol–water partition coefficient (Wildman–Crippen LogP) is 4.83. The minimum Gasteiger partial charge on any atom is -0.497 e. The maximum Gasteiger partial charge on any atom is 0.290 e. The van der Waals surface area contributed by atoms with Crippen LogP contribution in [0.2, 0.25) is 0 Å². The number of hydrogen-bond acceptors (Lipinski definition) is 5. The number of nitrogens with zero attached hydrogens (tertiary/aromatic N) is 3. The van der Waals surface area contributed by atoms with Gasteiger partial charge in [0, 0.05) is 17.8 Å². The summed E-state index contributed by atoms with van der Waals surface area (Å²) < 4.78 is 18.7. The average molecular weight is 498 g/mol. The van der Waals surface area contributed by atoms with Gasteiger partial charge in [0.2, 0.25) is 5.91 Å². The molecule has 4 aromatic rings. The number of furan rings is 1. The zero-order valence-electron chi connectivity index (χ0n) is 20.7. The molecule has 2 aromatic carbocycles. The molecule has 0 saturated heterocycles. The molecule has 188 valence electrons. The van der Waals surface area contributed by atoms with Crippen LogP contribution in [0, 0.1) is 0 Å². The topological polar surface area (TPSA) is 77.2 Å². The summed E-state index contributed by atoms with van der Waals surface area (Å²) in [6.45, 7) is -0.0674. The lowest BCUT2D eigenvalue weighted by Crippen LogP contribution is -2.47. The molecule has 3 heterocycles. The van der Waals surface area contributed by atoms with E-state index < -0.39 is 6.04 Å². The number of benzene rings is 2. The number of ether oxygens (including phenoxy) is 2. The van der Waals surface area contributed by atoms with E-state index in [2.05, 4.69) is 4.57 Å². The van der Waals surface area contributed by atoms with E-state index in [0.29, 0.717) is 11.5 Å². The van der Waals surface area contributed by atoms with E-state index in [-0.39, 0.29) is 30.2 Å². The number of amides is 2. The highest BCUT2D eigenvalue weighted by Crippen LogP contribution is 2.45. The largest absolute Gasteiger partial charge is 0.497 e. The molecule has 1 unspecified atom stereocenters. The van der Waals surface area contributed by atoms with Crippen LogP contribution in [0.1, 0.15) is 40.7 Å². The second-order valence-corrected chi connectivity index (χ2v) is 9.21. The number of methoxy groups -OCH3 is 2. The molecular formula is C29H27N3O5. The summed E-state index contributed by atoms with van der Waals surface area (Å²) in [5.41, 5.74) is 3.35. The first-order valence-corrected chi connectivity index (χ1v) is 12.3. The van der Waals surface area contributed by atoms with Crippen molar-refractivity contribution in [3.05, 3.63) is 96.2 Å². The lowest BCUT2D eigenvalue weighted by atomic mass is 9.96. The summed E-state index contributed by atoms with van der Waals surface area (Å²) in [7, 11) is 3.23. The molecule has 1 fully saturated rings. The summed E-state index contributed by atoms with van der Waals surface area (Å²) in [5, 5.41) is 0. The van der Waals surface area contributed by atoms with Gasteiger partial charge in [-0.2, -0.15) is 0 Å². The summed E-state index contributed by atoms with van der Waals surface area (Å²) in [6.07, 6.45) is 5.20. The van der Waals surface area contributed by atoms with E-state index in [1.54, 1.807) is 36.2 Å². The van der Waals surface area contributed by atoms with E-state index >= 15 is 0 Å². The molecule has 2 amide bonds. The number of hydrogen-bond donors (Lipinski definition) is 0. The molecule has 1 aliphatic carbocycles. The minimum atomic E-state index is -0.498. The fourth-order valence-corrected chi connectivity index (χ4v) is 5.13. The third kappa shape index (κ3) is 3.94. The third-order valence-electron chi connectivity index (χ3n) is 7.01. The van der Waals surface area contributed by atoms with E-state index in [4.69, 9.17) is 13.9 Å². The Morgan fingerprint density at radius 2 is 1.78 bits per heavy atom. The smallest absolute Gasteiger partial charge is 0.290 e. The van der Waals surface area contributed by atoms with Crippen molar-refractivity contribution in [2.24, 2.45) is 0 Å². The lowest BCUT2D eigenvalue weighted by molar-refractivity contribution is -0.119. The van der Waals surface area contributed by atoms with Crippen molar-refractivity contribution in [1.82, 2.24) is 9.47 Å². The third-order valence-corrected chi connectivity index (χ3v) is 7.01. The summed E-state index contributed by atoms with van der Waals surface area (Å²) in [6, 6.07) is 20.2. The fourth-order valence-electron chi connectivity index (χ4n) is 5.13. The van der Waals surface area contributed by atoms with Crippen LogP contribution in [0.5, 0.6) is 11.5 Å². The SMILES string of the molecule is COc1ccc(OC)c(C2c3cccn3-c3ccccc3N2C(=O)CN(C(=O)c2ccco2)C2CC2)c1. The number of carbonyl (C=O) groups is 2. The predicted molar refractivity (Wildman–Crippen MR) is 137 cm³/mol. The Labute approximate surface area is 214 Å². The molecule has 0 N–H and O–H groups in total. The molecule has 1 atom stereocenters. The van der Waals surface area contributed by atoms with Crippen LogP contribution >= 0.6 is 0 Å². The van der Waals surface area contributed by atoms with Crippen LogP contribution < -0.4 is 14.4 Å². The molecule has 8 heteroatoms. The Kier molecular flexibility index (Phi) is 5.71. The van der Waals surface area contributed by atoms with Crippen molar-refractivity contribution in [2.75, 3.05) is 25.7 Å². The maximum atomic E-state index is 14.3. The Morgan fingerprint density at radius 1 is 0.973 bits per heavy atom. The van der Waals surface area contributed by atoms with Gasteiger partial charge in [-0.25, -0.2) is 0 Å². The van der Waals surface area contributed by atoms with Gasteiger partial charge >= 0.3 is 0 Å². The van der Waals surface area contributed by atoms with E-state index in [1.165, 1.54) is 6.26 Å². The highest BCUT2D eigenvalue weighted by molar-refractivity contribution is 6.02. The first kappa shape index (κ1) is 23.0. The average Bonchev–Trinajstić information content (AvgIpc) is 3.39. The summed E-state index contributed by atoms with van der Waals surface area (Å²) in [4.78, 5) is 31.0. The molecule has 37 heavy (non-hydrogen) atoms. The maximum absolute atomic E-state index is 14.3. The van der Waals surface area contributed by atoms with Crippen molar-refractivity contribution in [2.45, 2.75) is 24.9 Å². The minimum absolute atomic E-state index is 0.0234. The monoisotopic (exact) mass is 497 g/mol. The number of rotatable bonds is 7. The number of aromatic nitrogens is 1. The Hall–Kier alpha value is -4.46. The fraction of sp³-hybridized carbons (Fsp3) is 0.241. The van der Waals surface area contributed by atoms with Gasteiger partial charge in [-0.1, -0.05) is 12.1 Å². The van der Waals surface area contributed by atoms with Crippen LogP contribution in [0.4, 0.5) is 5.69 Å². The normalized spacial score (nSPS) is 16.1. The van der Waals surface area contributed by atoms with Gasteiger partial charge in [-0.15, -0.1) is 0 Å². The van der Waals surface area contributed by atoms with E-state index in [1.807, 2.05) is 60.8 Å². The summed E-state index contributed by atoms with van der Waals surface area (Å²) in [5.74, 6) is 1.07. The first-order chi connectivity index (χ1) is 18.1. The van der Waals surface area contributed by atoms with Gasteiger partial charge in [0.05, 0.1) is 37.6 Å². The second kappa shape index (κ2) is 9.20. The highest BCUT2D eigenvalue weighted by atomic mass is 16.5. The zero-order valence-corrected chi connectivity index (χ0v) is 20.7. The molecular weight excluding hydrogens is 470 g/mol. The molecule has 0 bridgehead atoms. The van der Waals surface area contributed by atoms with Gasteiger partial charge in [0.15, 0.2) is 5.76 Å². The van der Waals surface area contributed by atoms with Crippen molar-refractivity contribution in [3.8, 4) is 17.2 Å². The molecule has 6 rings (SSSR count). The number of fused-ring (bicyclic) bond motifs is 3. The van der Waals surface area contributed by atoms with Crippen molar-refractivity contribution < 1.29 is 23.5 Å². The molecule has 0 radical (unpaired) electrons. The Balaban J connectivity index is 1.47. The van der Waals surface area contributed by atoms with Crippen LogP contribution in [0.15, 0.2) is 83.6 Å². The quantitative estimate of drug-likeness (QED) is 0.366. The van der Waals surface area contributed by atoms with Crippen molar-refractivity contribution >= 4 is 17.5 Å². The van der Waals surface area contributed by atoms with Crippen LogP contribution in [0.3, 0.4) is 0 Å². The van der Waals surface area contributed by atoms with Gasteiger partial charge in [0.25, 0.3) is 5.91 Å². The second-order valence-electron chi connectivity index (χ2n) is 9.21. The Morgan fingerprint density at radius 3 is 2.49 bits per heavy atom. The molecule has 1 aliphatic heterocycles. The van der Waals surface area contributed by atoms with Crippen LogP contribution in [0.25, 0.3) is 5.69 Å². The van der Waals surface area contributed by atoms with Crippen LogP contribution in [-0.4, -0.2) is 48.1 Å². The van der Waals surface area contributed by atoms with Gasteiger partial charge < -0.3 is 23.4 Å². The number of para-hydroxylation sites is 2. The number of anilines is 1. The standard InChI is InChI=1S/C29H27N3O5/c1-35-20-13-14-25(36-2)21(17-20)28-24-9-5-15-30(24)22-7-3-4-8-23(22)32(28)27(33)18-31(19-11-12-19)29(34)26-10-6-16-37-26/h3-10,13-17,19,28H,11-12,18H2,1-2H3. The van der Waals surface area contributed by atoms with Crippen LogP contribution in [-0.2, 0) is 4.79 Å². The lowest BCUT2D eigenvalue weighted by Gasteiger charge is -2.40. The zero-order chi connectivity index (χ0) is 25.5. The highest BCUT2D eigenvalue weighted by Gasteiger charge is 2.41. The molecule has 8 nitrogen and oxygen atoms in total. The first-order valence-electron chi connectivity index (χ1n) is 12.3. The molecule has 2 aromatic heterocycles. The summed E-state index contributed by atoms with van der Waals surface area (Å²) >= 11 is 0.